The molecule has 0 amide bonds. The van der Waals surface area contributed by atoms with Crippen LogP contribution in [0.2, 0.25) is 0 Å². The van der Waals surface area contributed by atoms with Crippen molar-refractivity contribution in [2.45, 2.75) is 32.6 Å². The molecule has 2 rings (SSSR count). The molecule has 0 spiro atoms. The summed E-state index contributed by atoms with van der Waals surface area (Å²) in [4.78, 5) is 12.0. The molecule has 7 heteroatoms. The third-order valence-corrected chi connectivity index (χ3v) is 5.47. The quantitative estimate of drug-likeness (QED) is 0.778. The Bertz CT molecular complexity index is 935. The van der Waals surface area contributed by atoms with E-state index in [2.05, 4.69) is 4.72 Å². The Morgan fingerprint density at radius 1 is 1.04 bits per heavy atom. The number of hydrogen-bond acceptors (Lipinski definition) is 5. The van der Waals surface area contributed by atoms with Crippen molar-refractivity contribution in [3.05, 3.63) is 52.6 Å². The molecule has 26 heavy (non-hydrogen) atoms. The maximum Gasteiger partial charge on any atom is 0.338 e. The summed E-state index contributed by atoms with van der Waals surface area (Å²) >= 11 is 0. The molecule has 0 atom stereocenters. The summed E-state index contributed by atoms with van der Waals surface area (Å²) in [5.74, 6) is 0.197. The van der Waals surface area contributed by atoms with Gasteiger partial charge < -0.3 is 9.47 Å². The Morgan fingerprint density at radius 3 is 2.31 bits per heavy atom. The van der Waals surface area contributed by atoms with Crippen LogP contribution in [0.15, 0.2) is 35.2 Å². The van der Waals surface area contributed by atoms with Crippen molar-refractivity contribution < 1.29 is 22.7 Å². The number of aryl methyl sites for hydroxylation is 3. The SMILES string of the molecule is CCOC(=O)c1ccc(NS(=O)(=O)c2cc(C)c(OC)cc2C)c(C)c1. The molecular formula is C19H23NO5S. The Balaban J connectivity index is 2.36. The van der Waals surface area contributed by atoms with Crippen LogP contribution in [0.25, 0.3) is 0 Å². The van der Waals surface area contributed by atoms with E-state index in [1.54, 1.807) is 59.1 Å². The fourth-order valence-corrected chi connectivity index (χ4v) is 4.04. The largest absolute Gasteiger partial charge is 0.496 e. The molecule has 2 aromatic rings. The lowest BCUT2D eigenvalue weighted by Gasteiger charge is -2.15. The maximum atomic E-state index is 12.8. The second-order valence-corrected chi connectivity index (χ2v) is 7.59. The van der Waals surface area contributed by atoms with Gasteiger partial charge in [0.2, 0.25) is 0 Å². The number of methoxy groups -OCH3 is 1. The molecule has 2 aromatic carbocycles. The zero-order chi connectivity index (χ0) is 19.5. The first-order valence-corrected chi connectivity index (χ1v) is 9.63. The number of benzene rings is 2. The minimum absolute atomic E-state index is 0.185. The molecule has 0 aliphatic carbocycles. The van der Waals surface area contributed by atoms with Gasteiger partial charge in [0.15, 0.2) is 0 Å². The van der Waals surface area contributed by atoms with Crippen molar-refractivity contribution in [1.82, 2.24) is 0 Å². The lowest BCUT2D eigenvalue weighted by Crippen LogP contribution is -2.16. The van der Waals surface area contributed by atoms with Gasteiger partial charge in [0.1, 0.15) is 5.75 Å². The van der Waals surface area contributed by atoms with E-state index in [1.807, 2.05) is 0 Å². The molecule has 1 N–H and O–H groups in total. The van der Waals surface area contributed by atoms with E-state index in [4.69, 9.17) is 9.47 Å². The normalized spacial score (nSPS) is 11.1. The molecule has 0 saturated heterocycles. The van der Waals surface area contributed by atoms with Gasteiger partial charge in [0.25, 0.3) is 10.0 Å². The third kappa shape index (κ3) is 4.16. The maximum absolute atomic E-state index is 12.8. The standard InChI is InChI=1S/C19H23NO5S/c1-6-25-19(21)15-7-8-16(12(2)9-15)20-26(22,23)18-11-13(3)17(24-5)10-14(18)4/h7-11,20H,6H2,1-5H3. The summed E-state index contributed by atoms with van der Waals surface area (Å²) in [6, 6.07) is 7.97. The molecule has 0 saturated carbocycles. The second-order valence-electron chi connectivity index (χ2n) is 5.94. The summed E-state index contributed by atoms with van der Waals surface area (Å²) in [6.07, 6.45) is 0. The molecule has 140 valence electrons. The van der Waals surface area contributed by atoms with Gasteiger partial charge in [0, 0.05) is 0 Å². The Kier molecular flexibility index (Phi) is 5.92. The fourth-order valence-electron chi connectivity index (χ4n) is 2.59. The molecule has 6 nitrogen and oxygen atoms in total. The number of ether oxygens (including phenoxy) is 2. The number of rotatable bonds is 6. The Morgan fingerprint density at radius 2 is 1.73 bits per heavy atom. The van der Waals surface area contributed by atoms with E-state index in [-0.39, 0.29) is 11.5 Å². The summed E-state index contributed by atoms with van der Waals surface area (Å²) in [7, 11) is -2.23. The van der Waals surface area contributed by atoms with Gasteiger partial charge in [-0.1, -0.05) is 0 Å². The molecule has 0 heterocycles. The van der Waals surface area contributed by atoms with Crippen molar-refractivity contribution in [1.29, 1.82) is 0 Å². The molecule has 0 fully saturated rings. The molecule has 0 unspecified atom stereocenters. The van der Waals surface area contributed by atoms with Gasteiger partial charge in [-0.3, -0.25) is 4.72 Å². The number of carbonyl (C=O) groups is 1. The van der Waals surface area contributed by atoms with Crippen LogP contribution in [0.5, 0.6) is 5.75 Å². The molecule has 0 aliphatic heterocycles. The van der Waals surface area contributed by atoms with Crippen LogP contribution in [-0.2, 0) is 14.8 Å². The van der Waals surface area contributed by atoms with Crippen molar-refractivity contribution in [3.8, 4) is 5.75 Å². The zero-order valence-electron chi connectivity index (χ0n) is 15.5. The summed E-state index contributed by atoms with van der Waals surface area (Å²) < 4.78 is 38.4. The topological polar surface area (TPSA) is 81.7 Å². The van der Waals surface area contributed by atoms with E-state index in [0.717, 1.165) is 5.56 Å². The second kappa shape index (κ2) is 7.78. The van der Waals surface area contributed by atoms with E-state index >= 15 is 0 Å². The number of hydrogen-bond donors (Lipinski definition) is 1. The lowest BCUT2D eigenvalue weighted by atomic mass is 10.1. The molecule has 0 radical (unpaired) electrons. The smallest absolute Gasteiger partial charge is 0.338 e. The van der Waals surface area contributed by atoms with Gasteiger partial charge in [-0.2, -0.15) is 0 Å². The summed E-state index contributed by atoms with van der Waals surface area (Å²) in [5, 5.41) is 0. The average Bonchev–Trinajstić information content (AvgIpc) is 2.58. The van der Waals surface area contributed by atoms with E-state index in [1.165, 1.54) is 6.07 Å². The van der Waals surface area contributed by atoms with Gasteiger partial charge in [-0.05, 0) is 74.7 Å². The van der Waals surface area contributed by atoms with Crippen molar-refractivity contribution in [2.75, 3.05) is 18.4 Å². The highest BCUT2D eigenvalue weighted by Crippen LogP contribution is 2.28. The number of anilines is 1. The monoisotopic (exact) mass is 377 g/mol. The minimum atomic E-state index is -3.78. The van der Waals surface area contributed by atoms with E-state index in [0.29, 0.717) is 28.1 Å². The number of nitrogens with one attached hydrogen (secondary N) is 1. The van der Waals surface area contributed by atoms with E-state index in [9.17, 15) is 13.2 Å². The van der Waals surface area contributed by atoms with Crippen LogP contribution in [0.4, 0.5) is 5.69 Å². The highest BCUT2D eigenvalue weighted by Gasteiger charge is 2.20. The number of carbonyl (C=O) groups excluding carboxylic acids is 1. The Labute approximate surface area is 154 Å². The zero-order valence-corrected chi connectivity index (χ0v) is 16.4. The van der Waals surface area contributed by atoms with Crippen molar-refractivity contribution in [3.63, 3.8) is 0 Å². The van der Waals surface area contributed by atoms with Crippen LogP contribution >= 0.6 is 0 Å². The Hall–Kier alpha value is -2.54. The highest BCUT2D eigenvalue weighted by molar-refractivity contribution is 7.92. The van der Waals surface area contributed by atoms with Crippen LogP contribution in [-0.4, -0.2) is 28.1 Å². The summed E-state index contributed by atoms with van der Waals surface area (Å²) in [6.45, 7) is 7.24. The average molecular weight is 377 g/mol. The predicted molar refractivity (Wildman–Crippen MR) is 100 cm³/mol. The van der Waals surface area contributed by atoms with Crippen LogP contribution in [0, 0.1) is 20.8 Å². The van der Waals surface area contributed by atoms with Gasteiger partial charge in [0.05, 0.1) is 29.9 Å². The highest BCUT2D eigenvalue weighted by atomic mass is 32.2. The van der Waals surface area contributed by atoms with Gasteiger partial charge in [-0.25, -0.2) is 13.2 Å². The number of esters is 1. The fraction of sp³-hybridized carbons (Fsp3) is 0.316. The first kappa shape index (κ1) is 19.8. The van der Waals surface area contributed by atoms with Crippen LogP contribution in [0.1, 0.15) is 34.0 Å². The first-order chi connectivity index (χ1) is 12.2. The molecule has 0 bridgehead atoms. The van der Waals surface area contributed by atoms with Crippen LogP contribution in [0.3, 0.4) is 0 Å². The minimum Gasteiger partial charge on any atom is -0.496 e. The predicted octanol–water partition coefficient (Wildman–Crippen LogP) is 3.60. The first-order valence-electron chi connectivity index (χ1n) is 8.15. The summed E-state index contributed by atoms with van der Waals surface area (Å²) in [5.41, 5.74) is 2.73. The van der Waals surface area contributed by atoms with Crippen molar-refractivity contribution in [2.24, 2.45) is 0 Å². The number of sulfonamides is 1. The van der Waals surface area contributed by atoms with Crippen LogP contribution < -0.4 is 9.46 Å². The van der Waals surface area contributed by atoms with Crippen molar-refractivity contribution >= 4 is 21.7 Å². The molecule has 0 aromatic heterocycles. The lowest BCUT2D eigenvalue weighted by molar-refractivity contribution is 0.0526. The molecular weight excluding hydrogens is 354 g/mol. The third-order valence-electron chi connectivity index (χ3n) is 3.96. The van der Waals surface area contributed by atoms with Gasteiger partial charge >= 0.3 is 5.97 Å². The van der Waals surface area contributed by atoms with Gasteiger partial charge in [-0.15, -0.1) is 0 Å². The molecule has 0 aliphatic rings. The van der Waals surface area contributed by atoms with E-state index < -0.39 is 16.0 Å².